The van der Waals surface area contributed by atoms with Gasteiger partial charge in [0.15, 0.2) is 0 Å². The average Bonchev–Trinajstić information content (AvgIpc) is 2.26. The summed E-state index contributed by atoms with van der Waals surface area (Å²) in [5, 5.41) is 5.89. The largest absolute Gasteiger partial charge is 0.350 e. The first-order chi connectivity index (χ1) is 8.06. The van der Waals surface area contributed by atoms with Crippen molar-refractivity contribution in [2.45, 2.75) is 19.9 Å². The molecule has 0 saturated heterocycles. The van der Waals surface area contributed by atoms with E-state index in [1.165, 1.54) is 6.07 Å². The number of nitrogens with one attached hydrogen (secondary N) is 2. The summed E-state index contributed by atoms with van der Waals surface area (Å²) < 4.78 is 14.1. The van der Waals surface area contributed by atoms with Gasteiger partial charge in [0.25, 0.3) is 5.91 Å². The SMILES string of the molecule is CCN[C@H](C)CNC(=O)c1c(F)cccc1I. The lowest BCUT2D eigenvalue weighted by atomic mass is 10.2. The van der Waals surface area contributed by atoms with Crippen molar-refractivity contribution in [3.8, 4) is 0 Å². The van der Waals surface area contributed by atoms with Crippen LogP contribution >= 0.6 is 22.6 Å². The minimum atomic E-state index is -0.481. The second-order valence-corrected chi connectivity index (χ2v) is 4.93. The highest BCUT2D eigenvalue weighted by Gasteiger charge is 2.15. The molecule has 0 fully saturated rings. The van der Waals surface area contributed by atoms with Gasteiger partial charge in [-0.3, -0.25) is 4.79 Å². The van der Waals surface area contributed by atoms with E-state index in [0.717, 1.165) is 6.54 Å². The maximum Gasteiger partial charge on any atom is 0.255 e. The predicted molar refractivity (Wildman–Crippen MR) is 74.6 cm³/mol. The Kier molecular flexibility index (Phi) is 5.84. The summed E-state index contributed by atoms with van der Waals surface area (Å²) in [6, 6.07) is 4.78. The maximum absolute atomic E-state index is 13.5. The number of hydrogen-bond donors (Lipinski definition) is 2. The molecule has 0 spiro atoms. The first kappa shape index (κ1) is 14.4. The third-order valence-corrected chi connectivity index (χ3v) is 3.21. The Bertz CT molecular complexity index is 378. The molecule has 1 aromatic carbocycles. The summed E-state index contributed by atoms with van der Waals surface area (Å²) in [5.41, 5.74) is 0.122. The molecule has 0 bridgehead atoms. The Morgan fingerprint density at radius 1 is 1.53 bits per heavy atom. The standard InChI is InChI=1S/C12H16FIN2O/c1-3-15-8(2)7-16-12(17)11-9(13)5-4-6-10(11)14/h4-6,8,15H,3,7H2,1-2H3,(H,16,17)/t8-/m1/s1. The van der Waals surface area contributed by atoms with Gasteiger partial charge in [0.1, 0.15) is 5.82 Å². The molecule has 0 aliphatic rings. The van der Waals surface area contributed by atoms with Crippen molar-refractivity contribution in [1.82, 2.24) is 10.6 Å². The zero-order valence-electron chi connectivity index (χ0n) is 9.89. The molecule has 0 radical (unpaired) electrons. The molecular formula is C12H16FIN2O. The number of amides is 1. The first-order valence-corrected chi connectivity index (χ1v) is 6.59. The van der Waals surface area contributed by atoms with Crippen molar-refractivity contribution in [2.24, 2.45) is 0 Å². The fourth-order valence-corrected chi connectivity index (χ4v) is 2.18. The molecule has 3 nitrogen and oxygen atoms in total. The topological polar surface area (TPSA) is 41.1 Å². The molecule has 1 atom stereocenters. The van der Waals surface area contributed by atoms with Gasteiger partial charge in [-0.05, 0) is 48.2 Å². The van der Waals surface area contributed by atoms with Crippen molar-refractivity contribution in [3.05, 3.63) is 33.1 Å². The molecule has 0 saturated carbocycles. The van der Waals surface area contributed by atoms with Gasteiger partial charge in [0, 0.05) is 16.2 Å². The molecule has 0 aromatic heterocycles. The van der Waals surface area contributed by atoms with E-state index in [1.54, 1.807) is 12.1 Å². The molecule has 0 aliphatic heterocycles. The molecule has 0 aliphatic carbocycles. The summed E-state index contributed by atoms with van der Waals surface area (Å²) in [7, 11) is 0. The fraction of sp³-hybridized carbons (Fsp3) is 0.417. The van der Waals surface area contributed by atoms with Crippen molar-refractivity contribution in [1.29, 1.82) is 0 Å². The molecule has 0 heterocycles. The van der Waals surface area contributed by atoms with Gasteiger partial charge in [0.2, 0.25) is 0 Å². The van der Waals surface area contributed by atoms with Crippen molar-refractivity contribution in [3.63, 3.8) is 0 Å². The Hall–Kier alpha value is -0.690. The molecule has 1 rings (SSSR count). The second-order valence-electron chi connectivity index (χ2n) is 3.77. The van der Waals surface area contributed by atoms with E-state index in [1.807, 2.05) is 36.4 Å². The van der Waals surface area contributed by atoms with Crippen LogP contribution in [0.4, 0.5) is 4.39 Å². The van der Waals surface area contributed by atoms with Crippen molar-refractivity contribution >= 4 is 28.5 Å². The van der Waals surface area contributed by atoms with Crippen LogP contribution in [0.25, 0.3) is 0 Å². The van der Waals surface area contributed by atoms with Crippen LogP contribution in [-0.2, 0) is 0 Å². The summed E-state index contributed by atoms with van der Waals surface area (Å²) in [4.78, 5) is 11.8. The monoisotopic (exact) mass is 350 g/mol. The lowest BCUT2D eigenvalue weighted by Gasteiger charge is -2.14. The predicted octanol–water partition coefficient (Wildman–Crippen LogP) is 2.16. The van der Waals surface area contributed by atoms with E-state index in [4.69, 9.17) is 0 Å². The van der Waals surface area contributed by atoms with E-state index in [2.05, 4.69) is 10.6 Å². The quantitative estimate of drug-likeness (QED) is 0.800. The third-order valence-electron chi connectivity index (χ3n) is 2.31. The van der Waals surface area contributed by atoms with Crippen LogP contribution in [0.5, 0.6) is 0 Å². The number of rotatable bonds is 5. The van der Waals surface area contributed by atoms with Crippen LogP contribution in [-0.4, -0.2) is 25.0 Å². The van der Waals surface area contributed by atoms with Gasteiger partial charge in [-0.1, -0.05) is 13.0 Å². The number of carbonyl (C=O) groups is 1. The van der Waals surface area contributed by atoms with E-state index < -0.39 is 5.82 Å². The van der Waals surface area contributed by atoms with Crippen LogP contribution in [0, 0.1) is 9.39 Å². The van der Waals surface area contributed by atoms with E-state index in [9.17, 15) is 9.18 Å². The Morgan fingerprint density at radius 3 is 2.82 bits per heavy atom. The van der Waals surface area contributed by atoms with E-state index in [0.29, 0.717) is 10.1 Å². The third kappa shape index (κ3) is 4.23. The van der Waals surface area contributed by atoms with Crippen molar-refractivity contribution in [2.75, 3.05) is 13.1 Å². The van der Waals surface area contributed by atoms with Crippen LogP contribution in [0.2, 0.25) is 0 Å². The molecule has 17 heavy (non-hydrogen) atoms. The highest BCUT2D eigenvalue weighted by atomic mass is 127. The van der Waals surface area contributed by atoms with Crippen LogP contribution in [0.15, 0.2) is 18.2 Å². The highest BCUT2D eigenvalue weighted by molar-refractivity contribution is 14.1. The number of likely N-dealkylation sites (N-methyl/N-ethyl adjacent to an activating group) is 1. The molecule has 1 aromatic rings. The first-order valence-electron chi connectivity index (χ1n) is 5.51. The summed E-state index contributed by atoms with van der Waals surface area (Å²) >= 11 is 1.96. The van der Waals surface area contributed by atoms with Gasteiger partial charge < -0.3 is 10.6 Å². The van der Waals surface area contributed by atoms with Gasteiger partial charge in [-0.15, -0.1) is 0 Å². The van der Waals surface area contributed by atoms with Gasteiger partial charge in [-0.25, -0.2) is 4.39 Å². The molecule has 94 valence electrons. The van der Waals surface area contributed by atoms with Gasteiger partial charge in [0.05, 0.1) is 5.56 Å². The summed E-state index contributed by atoms with van der Waals surface area (Å²) in [6.45, 7) is 5.29. The molecular weight excluding hydrogens is 334 g/mol. The lowest BCUT2D eigenvalue weighted by Crippen LogP contribution is -2.39. The van der Waals surface area contributed by atoms with Gasteiger partial charge >= 0.3 is 0 Å². The zero-order valence-corrected chi connectivity index (χ0v) is 12.0. The smallest absolute Gasteiger partial charge is 0.255 e. The highest BCUT2D eigenvalue weighted by Crippen LogP contribution is 2.15. The normalized spacial score (nSPS) is 12.2. The van der Waals surface area contributed by atoms with Crippen LogP contribution in [0.3, 0.4) is 0 Å². The number of hydrogen-bond acceptors (Lipinski definition) is 2. The van der Waals surface area contributed by atoms with Crippen LogP contribution < -0.4 is 10.6 Å². The molecule has 2 N–H and O–H groups in total. The fourth-order valence-electron chi connectivity index (χ4n) is 1.47. The Balaban J connectivity index is 2.64. The molecule has 0 unspecified atom stereocenters. The maximum atomic E-state index is 13.5. The molecule has 1 amide bonds. The Labute approximate surface area is 114 Å². The number of carbonyl (C=O) groups excluding carboxylic acids is 1. The number of benzene rings is 1. The molecule has 5 heteroatoms. The van der Waals surface area contributed by atoms with Gasteiger partial charge in [-0.2, -0.15) is 0 Å². The second kappa shape index (κ2) is 6.90. The minimum Gasteiger partial charge on any atom is -0.350 e. The van der Waals surface area contributed by atoms with Crippen molar-refractivity contribution < 1.29 is 9.18 Å². The lowest BCUT2D eigenvalue weighted by molar-refractivity contribution is 0.0945. The number of halogens is 2. The zero-order chi connectivity index (χ0) is 12.8. The van der Waals surface area contributed by atoms with E-state index >= 15 is 0 Å². The van der Waals surface area contributed by atoms with E-state index in [-0.39, 0.29) is 17.5 Å². The minimum absolute atomic E-state index is 0.122. The Morgan fingerprint density at radius 2 is 2.24 bits per heavy atom. The summed E-state index contributed by atoms with van der Waals surface area (Å²) in [5.74, 6) is -0.845. The summed E-state index contributed by atoms with van der Waals surface area (Å²) in [6.07, 6.45) is 0. The average molecular weight is 350 g/mol. The van der Waals surface area contributed by atoms with Crippen LogP contribution in [0.1, 0.15) is 24.2 Å².